The number of fused-ring (bicyclic) bond motifs is 1. The number of aromatic nitrogens is 2. The van der Waals surface area contributed by atoms with Gasteiger partial charge in [0.1, 0.15) is 15.8 Å². The molecule has 0 bridgehead atoms. The average molecular weight is 499 g/mol. The average Bonchev–Trinajstić information content (AvgIpc) is 3.08. The fourth-order valence-electron chi connectivity index (χ4n) is 3.51. The van der Waals surface area contributed by atoms with E-state index >= 15 is 0 Å². The van der Waals surface area contributed by atoms with Gasteiger partial charge >= 0.3 is 0 Å². The number of hydrogen-bond acceptors (Lipinski definition) is 6. The molecule has 4 rings (SSSR count). The fraction of sp³-hybridized carbons (Fsp3) is 0.250. The Bertz CT molecular complexity index is 1310. The summed E-state index contributed by atoms with van der Waals surface area (Å²) in [6.45, 7) is 3.10. The van der Waals surface area contributed by atoms with Gasteiger partial charge in [0.15, 0.2) is 0 Å². The molecule has 3 heterocycles. The van der Waals surface area contributed by atoms with Crippen LogP contribution in [0.25, 0.3) is 11.7 Å². The van der Waals surface area contributed by atoms with Crippen LogP contribution in [-0.2, 0) is 11.3 Å². The van der Waals surface area contributed by atoms with E-state index in [1.807, 2.05) is 24.3 Å². The molecule has 1 fully saturated rings. The Kier molecular flexibility index (Phi) is 7.47. The molecule has 2 aromatic heterocycles. The second-order valence-corrected chi connectivity index (χ2v) is 9.68. The van der Waals surface area contributed by atoms with Crippen molar-refractivity contribution in [1.82, 2.24) is 14.3 Å². The Morgan fingerprint density at radius 1 is 1.15 bits per heavy atom. The molecule has 170 valence electrons. The Labute approximate surface area is 206 Å². The molecule has 33 heavy (non-hydrogen) atoms. The monoisotopic (exact) mass is 498 g/mol. The highest BCUT2D eigenvalue weighted by Crippen LogP contribution is 2.34. The molecule has 1 saturated heterocycles. The van der Waals surface area contributed by atoms with E-state index in [2.05, 4.69) is 17.2 Å². The van der Waals surface area contributed by atoms with E-state index in [4.69, 9.17) is 23.8 Å². The maximum absolute atomic E-state index is 13.3. The summed E-state index contributed by atoms with van der Waals surface area (Å²) in [6.07, 6.45) is 6.41. The van der Waals surface area contributed by atoms with Crippen LogP contribution < -0.4 is 10.9 Å². The molecular weight excluding hydrogens is 476 g/mol. The third kappa shape index (κ3) is 5.13. The van der Waals surface area contributed by atoms with Crippen molar-refractivity contribution in [3.05, 3.63) is 80.1 Å². The van der Waals surface area contributed by atoms with Crippen molar-refractivity contribution in [2.75, 3.05) is 11.9 Å². The highest BCUT2D eigenvalue weighted by molar-refractivity contribution is 8.26. The van der Waals surface area contributed by atoms with Crippen molar-refractivity contribution >= 4 is 63.3 Å². The lowest BCUT2D eigenvalue weighted by atomic mass is 10.2. The summed E-state index contributed by atoms with van der Waals surface area (Å²) in [5.41, 5.74) is 1.45. The zero-order chi connectivity index (χ0) is 23.4. The zero-order valence-electron chi connectivity index (χ0n) is 18.1. The number of unbranched alkanes of at least 4 members (excludes halogenated alkanes) is 2. The minimum Gasteiger partial charge on any atom is -0.369 e. The van der Waals surface area contributed by atoms with E-state index in [9.17, 15) is 9.59 Å². The predicted octanol–water partition coefficient (Wildman–Crippen LogP) is 5.35. The van der Waals surface area contributed by atoms with E-state index in [0.717, 1.165) is 24.8 Å². The van der Waals surface area contributed by atoms with Gasteiger partial charge in [-0.05, 0) is 36.3 Å². The lowest BCUT2D eigenvalue weighted by molar-refractivity contribution is -0.122. The number of benzene rings is 1. The second kappa shape index (κ2) is 10.5. The molecule has 0 unspecified atom stereocenters. The highest BCUT2D eigenvalue weighted by Gasteiger charge is 2.33. The summed E-state index contributed by atoms with van der Waals surface area (Å²) in [7, 11) is 0. The zero-order valence-corrected chi connectivity index (χ0v) is 20.5. The molecule has 0 atom stereocenters. The number of amides is 1. The van der Waals surface area contributed by atoms with Crippen LogP contribution in [-0.4, -0.2) is 31.1 Å². The van der Waals surface area contributed by atoms with E-state index < -0.39 is 0 Å². The van der Waals surface area contributed by atoms with Gasteiger partial charge in [0, 0.05) is 17.8 Å². The lowest BCUT2D eigenvalue weighted by Gasteiger charge is -2.15. The van der Waals surface area contributed by atoms with Crippen LogP contribution in [0.4, 0.5) is 5.82 Å². The van der Waals surface area contributed by atoms with Gasteiger partial charge in [0.05, 0.1) is 17.0 Å². The summed E-state index contributed by atoms with van der Waals surface area (Å²) in [6, 6.07) is 12.7. The summed E-state index contributed by atoms with van der Waals surface area (Å²) in [5.74, 6) is 0.220. The maximum Gasteiger partial charge on any atom is 0.267 e. The van der Waals surface area contributed by atoms with Gasteiger partial charge < -0.3 is 5.32 Å². The molecule has 1 amide bonds. The van der Waals surface area contributed by atoms with Gasteiger partial charge in [0.25, 0.3) is 11.5 Å². The highest BCUT2D eigenvalue weighted by atomic mass is 35.5. The molecule has 6 nitrogen and oxygen atoms in total. The topological polar surface area (TPSA) is 66.7 Å². The number of carbonyl (C=O) groups is 1. The van der Waals surface area contributed by atoms with E-state index in [1.165, 1.54) is 21.1 Å². The van der Waals surface area contributed by atoms with Gasteiger partial charge in [-0.2, -0.15) is 0 Å². The Balaban J connectivity index is 1.69. The van der Waals surface area contributed by atoms with Gasteiger partial charge in [0.2, 0.25) is 0 Å². The Morgan fingerprint density at radius 3 is 2.73 bits per heavy atom. The number of thiocarbonyl (C=S) groups is 1. The van der Waals surface area contributed by atoms with Gasteiger partial charge in [-0.15, -0.1) is 0 Å². The predicted molar refractivity (Wildman–Crippen MR) is 140 cm³/mol. The van der Waals surface area contributed by atoms with Crippen molar-refractivity contribution < 1.29 is 4.79 Å². The van der Waals surface area contributed by atoms with Crippen molar-refractivity contribution in [3.63, 3.8) is 0 Å². The number of nitrogens with zero attached hydrogens (tertiary/aromatic N) is 3. The van der Waals surface area contributed by atoms with Crippen LogP contribution in [0, 0.1) is 0 Å². The third-order valence-corrected chi connectivity index (χ3v) is 7.02. The maximum atomic E-state index is 13.3. The Morgan fingerprint density at radius 2 is 1.94 bits per heavy atom. The lowest BCUT2D eigenvalue weighted by Crippen LogP contribution is -2.27. The number of thioether (sulfide) groups is 1. The van der Waals surface area contributed by atoms with Crippen molar-refractivity contribution in [3.8, 4) is 0 Å². The second-order valence-electron chi connectivity index (χ2n) is 7.60. The van der Waals surface area contributed by atoms with E-state index in [-0.39, 0.29) is 18.0 Å². The molecule has 0 aliphatic carbocycles. The molecule has 9 heteroatoms. The van der Waals surface area contributed by atoms with Crippen molar-refractivity contribution in [2.45, 2.75) is 32.7 Å². The molecule has 1 aliphatic rings. The van der Waals surface area contributed by atoms with Gasteiger partial charge in [-0.3, -0.25) is 18.9 Å². The first-order valence-electron chi connectivity index (χ1n) is 10.7. The van der Waals surface area contributed by atoms with Crippen molar-refractivity contribution in [1.29, 1.82) is 0 Å². The molecule has 3 aromatic rings. The summed E-state index contributed by atoms with van der Waals surface area (Å²) < 4.78 is 1.91. The summed E-state index contributed by atoms with van der Waals surface area (Å²) in [4.78, 5) is 33.0. The molecule has 0 saturated carbocycles. The SMILES string of the molecule is CCCCCNc1nc2ccccn2c(=O)c1/C=C1/SC(=S)N(Cc2ccccc2Cl)C1=O. The minimum atomic E-state index is -0.251. The van der Waals surface area contributed by atoms with Gasteiger partial charge in [-0.25, -0.2) is 4.98 Å². The largest absolute Gasteiger partial charge is 0.369 e. The minimum absolute atomic E-state index is 0.241. The van der Waals surface area contributed by atoms with E-state index in [0.29, 0.717) is 37.8 Å². The number of hydrogen-bond donors (Lipinski definition) is 1. The summed E-state index contributed by atoms with van der Waals surface area (Å²) in [5, 5.41) is 3.86. The van der Waals surface area contributed by atoms with Crippen LogP contribution in [0.5, 0.6) is 0 Å². The normalized spacial score (nSPS) is 15.1. The van der Waals surface area contributed by atoms with Crippen molar-refractivity contribution in [2.24, 2.45) is 0 Å². The number of nitrogens with one attached hydrogen (secondary N) is 1. The molecule has 1 N–H and O–H groups in total. The molecular formula is C24H23ClN4O2S2. The quantitative estimate of drug-likeness (QED) is 0.256. The number of anilines is 1. The van der Waals surface area contributed by atoms with Crippen LogP contribution in [0.1, 0.15) is 37.3 Å². The summed E-state index contributed by atoms with van der Waals surface area (Å²) >= 11 is 12.9. The number of halogens is 1. The van der Waals surface area contributed by atoms with Crippen LogP contribution >= 0.6 is 35.6 Å². The fourth-order valence-corrected chi connectivity index (χ4v) is 4.95. The number of rotatable bonds is 8. The van der Waals surface area contributed by atoms with Gasteiger partial charge in [-0.1, -0.05) is 79.6 Å². The number of carbonyl (C=O) groups excluding carboxylic acids is 1. The molecule has 1 aliphatic heterocycles. The first-order chi connectivity index (χ1) is 16.0. The van der Waals surface area contributed by atoms with E-state index in [1.54, 1.807) is 30.5 Å². The third-order valence-electron chi connectivity index (χ3n) is 5.28. The Hall–Kier alpha value is -2.68. The smallest absolute Gasteiger partial charge is 0.267 e. The standard InChI is InChI=1S/C24H23ClN4O2S2/c1-2-3-7-12-26-21-17(22(30)28-13-8-6-11-20(28)27-21)14-19-23(31)29(24(32)33-19)15-16-9-4-5-10-18(16)25/h4-6,8-11,13-14,26H,2-3,7,12,15H2,1H3/b19-14+. The van der Waals surface area contributed by atoms with Crippen LogP contribution in [0.2, 0.25) is 5.02 Å². The molecule has 1 aromatic carbocycles. The first-order valence-corrected chi connectivity index (χ1v) is 12.3. The number of pyridine rings is 1. The first kappa shape index (κ1) is 23.5. The van der Waals surface area contributed by atoms with Crippen LogP contribution in [0.3, 0.4) is 0 Å². The molecule has 0 radical (unpaired) electrons. The molecule has 0 spiro atoms. The van der Waals surface area contributed by atoms with Crippen LogP contribution in [0.15, 0.2) is 58.4 Å².